The number of hydrogen-bond acceptors (Lipinski definition) is 7. The molecule has 2 rings (SSSR count). The van der Waals surface area contributed by atoms with E-state index in [0.717, 1.165) is 29.1 Å². The molecule has 7 nitrogen and oxygen atoms in total. The van der Waals surface area contributed by atoms with Crippen molar-refractivity contribution in [1.82, 2.24) is 10.3 Å². The molecule has 0 spiro atoms. The van der Waals surface area contributed by atoms with Crippen molar-refractivity contribution in [3.8, 4) is 5.75 Å². The molecule has 0 aliphatic carbocycles. The Kier molecular flexibility index (Phi) is 11.1. The molecule has 30 heavy (non-hydrogen) atoms. The number of rotatable bonds is 12. The number of nitrogens with zero attached hydrogens (tertiary/aromatic N) is 2. The number of hydrogen-bond donors (Lipinski definition) is 1. The molecule has 0 radical (unpaired) electrons. The average Bonchev–Trinajstić information content (AvgIpc) is 2.75. The Labute approximate surface area is 181 Å². The van der Waals surface area contributed by atoms with Crippen LogP contribution >= 0.6 is 0 Å². The highest BCUT2D eigenvalue weighted by Gasteiger charge is 2.16. The molecule has 1 aliphatic heterocycles. The van der Waals surface area contributed by atoms with Crippen LogP contribution < -0.4 is 10.1 Å². The van der Waals surface area contributed by atoms with Crippen LogP contribution in [0.3, 0.4) is 0 Å². The van der Waals surface area contributed by atoms with Crippen LogP contribution in [0.5, 0.6) is 5.75 Å². The van der Waals surface area contributed by atoms with Crippen molar-refractivity contribution in [3.05, 3.63) is 59.7 Å². The fourth-order valence-electron chi connectivity index (χ4n) is 2.67. The van der Waals surface area contributed by atoms with Crippen LogP contribution in [0, 0.1) is 6.92 Å². The second kappa shape index (κ2) is 13.8. The number of nitrogens with one attached hydrogen (secondary N) is 1. The second-order valence-corrected chi connectivity index (χ2v) is 8.27. The van der Waals surface area contributed by atoms with Crippen molar-refractivity contribution in [3.63, 3.8) is 0 Å². The molecule has 1 saturated heterocycles. The standard InChI is InChI=1S/C22H31N3O4S/c1-18(8-5-4-6-10-23-3)24-12-15-30(26)17-20-19(2)21(9-11-25-20)29-16-22-27-13-7-14-28-22/h4-6,8-11,22,24H,3,7,12-17H2,1-2H3/b5-4-,10-6+,18-8+. The Hall–Kier alpha value is -2.29. The molecule has 0 saturated carbocycles. The van der Waals surface area contributed by atoms with Gasteiger partial charge in [-0.05, 0) is 45.2 Å². The zero-order chi connectivity index (χ0) is 21.6. The molecule has 2 heterocycles. The van der Waals surface area contributed by atoms with E-state index in [1.165, 1.54) is 0 Å². The van der Waals surface area contributed by atoms with Gasteiger partial charge in [0, 0.05) is 46.8 Å². The van der Waals surface area contributed by atoms with E-state index in [1.54, 1.807) is 18.5 Å². The van der Waals surface area contributed by atoms with Crippen LogP contribution in [0.4, 0.5) is 0 Å². The quantitative estimate of drug-likeness (QED) is 0.403. The summed E-state index contributed by atoms with van der Waals surface area (Å²) in [7, 11) is -1.03. The minimum Gasteiger partial charge on any atom is -0.488 e. The Morgan fingerprint density at radius 1 is 1.40 bits per heavy atom. The van der Waals surface area contributed by atoms with Gasteiger partial charge in [0.15, 0.2) is 6.29 Å². The molecule has 164 valence electrons. The van der Waals surface area contributed by atoms with Crippen molar-refractivity contribution in [2.45, 2.75) is 32.3 Å². The lowest BCUT2D eigenvalue weighted by Crippen LogP contribution is -2.30. The highest BCUT2D eigenvalue weighted by atomic mass is 32.2. The van der Waals surface area contributed by atoms with E-state index in [9.17, 15) is 4.21 Å². The first kappa shape index (κ1) is 24.0. The van der Waals surface area contributed by atoms with Gasteiger partial charge in [0.05, 0.1) is 24.7 Å². The Balaban J connectivity index is 1.77. The molecule has 1 N–H and O–H groups in total. The predicted octanol–water partition coefficient (Wildman–Crippen LogP) is 3.04. The van der Waals surface area contributed by atoms with E-state index in [-0.39, 0.29) is 6.29 Å². The number of pyridine rings is 1. The highest BCUT2D eigenvalue weighted by Crippen LogP contribution is 2.21. The van der Waals surface area contributed by atoms with Gasteiger partial charge in [-0.2, -0.15) is 0 Å². The van der Waals surface area contributed by atoms with Gasteiger partial charge in [-0.3, -0.25) is 14.2 Å². The molecule has 0 bridgehead atoms. The van der Waals surface area contributed by atoms with Crippen molar-refractivity contribution < 1.29 is 18.4 Å². The number of aliphatic imine (C=N–C) groups is 1. The van der Waals surface area contributed by atoms with Gasteiger partial charge in [-0.1, -0.05) is 12.2 Å². The molecule has 1 unspecified atom stereocenters. The normalized spacial score (nSPS) is 16.8. The highest BCUT2D eigenvalue weighted by molar-refractivity contribution is 7.84. The van der Waals surface area contributed by atoms with Crippen molar-refractivity contribution in [2.75, 3.05) is 32.1 Å². The lowest BCUT2D eigenvalue weighted by atomic mass is 10.2. The number of aromatic nitrogens is 1. The van der Waals surface area contributed by atoms with Crippen LogP contribution in [-0.2, 0) is 26.0 Å². The van der Waals surface area contributed by atoms with E-state index < -0.39 is 10.8 Å². The first-order valence-electron chi connectivity index (χ1n) is 9.95. The van der Waals surface area contributed by atoms with Gasteiger partial charge in [0.2, 0.25) is 0 Å². The van der Waals surface area contributed by atoms with Crippen LogP contribution in [0.25, 0.3) is 0 Å². The summed E-state index contributed by atoms with van der Waals surface area (Å²) in [6.07, 6.45) is 11.4. The van der Waals surface area contributed by atoms with Gasteiger partial charge in [0.1, 0.15) is 12.4 Å². The van der Waals surface area contributed by atoms with Crippen LogP contribution in [-0.4, -0.2) is 54.3 Å². The summed E-state index contributed by atoms with van der Waals surface area (Å²) in [4.78, 5) is 8.01. The number of allylic oxidation sites excluding steroid dienone is 5. The van der Waals surface area contributed by atoms with Gasteiger partial charge in [-0.25, -0.2) is 0 Å². The third-order valence-electron chi connectivity index (χ3n) is 4.32. The van der Waals surface area contributed by atoms with Crippen LogP contribution in [0.2, 0.25) is 0 Å². The van der Waals surface area contributed by atoms with Gasteiger partial charge in [0.25, 0.3) is 0 Å². The maximum absolute atomic E-state index is 12.5. The lowest BCUT2D eigenvalue weighted by Gasteiger charge is -2.23. The van der Waals surface area contributed by atoms with Crippen LogP contribution in [0.15, 0.2) is 53.5 Å². The van der Waals surface area contributed by atoms with Gasteiger partial charge in [-0.15, -0.1) is 0 Å². The third kappa shape index (κ3) is 9.02. The second-order valence-electron chi connectivity index (χ2n) is 6.69. The average molecular weight is 434 g/mol. The smallest absolute Gasteiger partial charge is 0.191 e. The monoisotopic (exact) mass is 433 g/mol. The summed E-state index contributed by atoms with van der Waals surface area (Å²) in [5, 5.41) is 3.26. The van der Waals surface area contributed by atoms with Gasteiger partial charge < -0.3 is 19.5 Å². The minimum atomic E-state index is -1.03. The van der Waals surface area contributed by atoms with Crippen molar-refractivity contribution >= 4 is 17.5 Å². The lowest BCUT2D eigenvalue weighted by molar-refractivity contribution is -0.191. The summed E-state index contributed by atoms with van der Waals surface area (Å²) < 4.78 is 29.3. The molecule has 1 fully saturated rings. The zero-order valence-corrected chi connectivity index (χ0v) is 18.5. The molecule has 8 heteroatoms. The summed E-state index contributed by atoms with van der Waals surface area (Å²) >= 11 is 0. The SMILES string of the molecule is C=N/C=C/C=C\C=C(/C)NCCS(=O)Cc1nccc(OCC2OCCCO2)c1C. The topological polar surface area (TPSA) is 82.0 Å². The van der Waals surface area contributed by atoms with E-state index in [2.05, 4.69) is 22.0 Å². The fraction of sp³-hybridized carbons (Fsp3) is 0.455. The molecular weight excluding hydrogens is 402 g/mol. The summed E-state index contributed by atoms with van der Waals surface area (Å²) in [6.45, 7) is 9.61. The molecule has 1 aliphatic rings. The summed E-state index contributed by atoms with van der Waals surface area (Å²) in [6, 6.07) is 1.81. The first-order valence-corrected chi connectivity index (χ1v) is 11.4. The Morgan fingerprint density at radius 3 is 2.97 bits per heavy atom. The Bertz CT molecular complexity index is 787. The predicted molar refractivity (Wildman–Crippen MR) is 121 cm³/mol. The maximum atomic E-state index is 12.5. The minimum absolute atomic E-state index is 0.331. The van der Waals surface area contributed by atoms with Crippen molar-refractivity contribution in [1.29, 1.82) is 0 Å². The van der Waals surface area contributed by atoms with E-state index in [0.29, 0.717) is 37.9 Å². The molecule has 0 aromatic carbocycles. The Morgan fingerprint density at radius 2 is 2.20 bits per heavy atom. The first-order chi connectivity index (χ1) is 14.6. The van der Waals surface area contributed by atoms with E-state index >= 15 is 0 Å². The van der Waals surface area contributed by atoms with E-state index in [1.807, 2.05) is 38.1 Å². The summed E-state index contributed by atoms with van der Waals surface area (Å²) in [5.74, 6) is 1.65. The molecule has 1 aromatic rings. The molecular formula is C22H31N3O4S. The number of ether oxygens (including phenoxy) is 3. The fourth-order valence-corrected chi connectivity index (χ4v) is 3.74. The maximum Gasteiger partial charge on any atom is 0.191 e. The van der Waals surface area contributed by atoms with Crippen molar-refractivity contribution in [2.24, 2.45) is 4.99 Å². The molecule has 1 aromatic heterocycles. The largest absolute Gasteiger partial charge is 0.488 e. The summed E-state index contributed by atoms with van der Waals surface area (Å²) in [5.41, 5.74) is 2.69. The molecule has 0 amide bonds. The zero-order valence-electron chi connectivity index (χ0n) is 17.7. The third-order valence-corrected chi connectivity index (χ3v) is 5.58. The molecule has 1 atom stereocenters. The van der Waals surface area contributed by atoms with Gasteiger partial charge >= 0.3 is 0 Å². The van der Waals surface area contributed by atoms with E-state index in [4.69, 9.17) is 14.2 Å². The van der Waals surface area contributed by atoms with Crippen LogP contribution in [0.1, 0.15) is 24.6 Å².